The number of ether oxygens (including phenoxy) is 3. The Labute approximate surface area is 169 Å². The lowest BCUT2D eigenvalue weighted by molar-refractivity contribution is 0.151. The fourth-order valence-electron chi connectivity index (χ4n) is 3.82. The average molecular weight is 390 g/mol. The van der Waals surface area contributed by atoms with Crippen molar-refractivity contribution in [1.29, 1.82) is 0 Å². The molecule has 0 radical (unpaired) electrons. The molecule has 6 heteroatoms. The van der Waals surface area contributed by atoms with Crippen LogP contribution in [0.1, 0.15) is 17.5 Å². The largest absolute Gasteiger partial charge is 0.497 e. The molecule has 1 heterocycles. The minimum absolute atomic E-state index is 0.353. The maximum absolute atomic E-state index is 5.55. The van der Waals surface area contributed by atoms with Gasteiger partial charge in [0.2, 0.25) is 0 Å². The van der Waals surface area contributed by atoms with Crippen LogP contribution in [0.25, 0.3) is 22.2 Å². The Morgan fingerprint density at radius 3 is 2.38 bits per heavy atom. The second kappa shape index (κ2) is 7.44. The van der Waals surface area contributed by atoms with Crippen LogP contribution in [0.2, 0.25) is 0 Å². The number of methoxy groups -OCH3 is 3. The highest BCUT2D eigenvalue weighted by Gasteiger charge is 2.33. The summed E-state index contributed by atoms with van der Waals surface area (Å²) in [6, 6.07) is 9.93. The fourth-order valence-corrected chi connectivity index (χ4v) is 3.82. The Hall–Kier alpha value is -3.59. The molecule has 0 aliphatic heterocycles. The summed E-state index contributed by atoms with van der Waals surface area (Å²) < 4.78 is 18.6. The van der Waals surface area contributed by atoms with Crippen molar-refractivity contribution in [2.24, 2.45) is 12.2 Å². The summed E-state index contributed by atoms with van der Waals surface area (Å²) in [7, 11) is 6.94. The molecule has 0 unspecified atom stereocenters. The predicted octanol–water partition coefficient (Wildman–Crippen LogP) is 3.98. The van der Waals surface area contributed by atoms with E-state index in [0.717, 1.165) is 44.7 Å². The molecule has 3 aromatic rings. The molecule has 0 N–H and O–H groups in total. The van der Waals surface area contributed by atoms with E-state index in [9.17, 15) is 0 Å². The average Bonchev–Trinajstić information content (AvgIpc) is 3.22. The highest BCUT2D eigenvalue weighted by Crippen LogP contribution is 2.47. The maximum atomic E-state index is 5.55. The topological polar surface area (TPSA) is 54.2 Å². The first-order valence-electron chi connectivity index (χ1n) is 9.21. The number of terminal acetylenes is 1. The third-order valence-electron chi connectivity index (χ3n) is 5.17. The molecule has 0 bridgehead atoms. The Bertz CT molecular complexity index is 1170. The number of hydrogen-bond donors (Lipinski definition) is 0. The highest BCUT2D eigenvalue weighted by molar-refractivity contribution is 6.30. The number of oxime groups is 1. The van der Waals surface area contributed by atoms with Gasteiger partial charge in [0.15, 0.2) is 11.5 Å². The van der Waals surface area contributed by atoms with E-state index in [1.807, 2.05) is 37.4 Å². The number of benzene rings is 2. The second-order valence-electron chi connectivity index (χ2n) is 6.65. The molecule has 0 fully saturated rings. The van der Waals surface area contributed by atoms with Crippen molar-refractivity contribution < 1.29 is 19.0 Å². The van der Waals surface area contributed by atoms with Crippen LogP contribution in [0, 0.1) is 12.3 Å². The zero-order chi connectivity index (χ0) is 20.5. The fraction of sp³-hybridized carbons (Fsp3) is 0.261. The van der Waals surface area contributed by atoms with E-state index in [2.05, 4.69) is 15.6 Å². The second-order valence-corrected chi connectivity index (χ2v) is 6.65. The Morgan fingerprint density at radius 2 is 1.72 bits per heavy atom. The SMILES string of the molecule is C#CCCO/N=C1/c2cc(OC)c(OC)cc2-c2c1c1cc(OC)ccc1n2C. The lowest BCUT2D eigenvalue weighted by Gasteiger charge is -2.12. The number of aromatic nitrogens is 1. The Balaban J connectivity index is 2.00. The van der Waals surface area contributed by atoms with Crippen LogP contribution in [-0.2, 0) is 11.9 Å². The van der Waals surface area contributed by atoms with Gasteiger partial charge in [0.1, 0.15) is 18.1 Å². The van der Waals surface area contributed by atoms with Gasteiger partial charge in [0.25, 0.3) is 0 Å². The van der Waals surface area contributed by atoms with Crippen LogP contribution in [0.4, 0.5) is 0 Å². The van der Waals surface area contributed by atoms with Gasteiger partial charge in [-0.05, 0) is 30.3 Å². The van der Waals surface area contributed by atoms with E-state index >= 15 is 0 Å². The minimum Gasteiger partial charge on any atom is -0.497 e. The van der Waals surface area contributed by atoms with E-state index < -0.39 is 0 Å². The summed E-state index contributed by atoms with van der Waals surface area (Å²) in [5.41, 5.74) is 5.79. The summed E-state index contributed by atoms with van der Waals surface area (Å²) in [4.78, 5) is 5.55. The zero-order valence-electron chi connectivity index (χ0n) is 16.9. The molecule has 1 aromatic heterocycles. The summed E-state index contributed by atoms with van der Waals surface area (Å²) in [5, 5.41) is 5.50. The zero-order valence-corrected chi connectivity index (χ0v) is 16.9. The molecule has 29 heavy (non-hydrogen) atoms. The first-order chi connectivity index (χ1) is 14.1. The quantitative estimate of drug-likeness (QED) is 0.284. The molecule has 2 aromatic carbocycles. The molecular formula is C23H22N2O4. The van der Waals surface area contributed by atoms with Gasteiger partial charge in [0.05, 0.1) is 27.0 Å². The third-order valence-corrected chi connectivity index (χ3v) is 5.17. The van der Waals surface area contributed by atoms with Gasteiger partial charge in [-0.2, -0.15) is 0 Å². The standard InChI is InChI=1S/C23H22N2O4/c1-6-7-10-29-24-22-15-12-19(27-4)20(28-5)13-16(15)23-21(22)17-11-14(26-3)8-9-18(17)25(23)2/h1,8-9,11-13H,7,10H2,2-5H3/b24-22-. The van der Waals surface area contributed by atoms with Crippen molar-refractivity contribution in [2.75, 3.05) is 27.9 Å². The number of nitrogens with zero attached hydrogens (tertiary/aromatic N) is 2. The highest BCUT2D eigenvalue weighted by atomic mass is 16.6. The Kier molecular flexibility index (Phi) is 4.81. The molecule has 0 saturated heterocycles. The molecule has 1 aliphatic carbocycles. The normalized spacial score (nSPS) is 13.1. The van der Waals surface area contributed by atoms with E-state index in [4.69, 9.17) is 25.5 Å². The molecular weight excluding hydrogens is 368 g/mol. The van der Waals surface area contributed by atoms with E-state index in [0.29, 0.717) is 24.5 Å². The number of rotatable bonds is 6. The maximum Gasteiger partial charge on any atom is 0.161 e. The lowest BCUT2D eigenvalue weighted by Crippen LogP contribution is -2.02. The summed E-state index contributed by atoms with van der Waals surface area (Å²) in [6.07, 6.45) is 5.82. The third kappa shape index (κ3) is 2.87. The summed E-state index contributed by atoms with van der Waals surface area (Å²) >= 11 is 0. The summed E-state index contributed by atoms with van der Waals surface area (Å²) in [5.74, 6) is 4.64. The first-order valence-corrected chi connectivity index (χ1v) is 9.21. The van der Waals surface area contributed by atoms with Gasteiger partial charge in [0, 0.05) is 41.1 Å². The molecule has 148 valence electrons. The van der Waals surface area contributed by atoms with Gasteiger partial charge in [-0.1, -0.05) is 5.16 Å². The van der Waals surface area contributed by atoms with Crippen LogP contribution in [0.3, 0.4) is 0 Å². The van der Waals surface area contributed by atoms with Crippen molar-refractivity contribution in [1.82, 2.24) is 4.57 Å². The molecule has 4 rings (SSSR count). The smallest absolute Gasteiger partial charge is 0.161 e. The number of hydrogen-bond acceptors (Lipinski definition) is 5. The summed E-state index contributed by atoms with van der Waals surface area (Å²) in [6.45, 7) is 0.353. The van der Waals surface area contributed by atoms with Crippen LogP contribution in [-0.4, -0.2) is 38.2 Å². The van der Waals surface area contributed by atoms with Crippen LogP contribution in [0.5, 0.6) is 17.2 Å². The molecule has 1 aliphatic rings. The first kappa shape index (κ1) is 18.8. The molecule has 0 saturated carbocycles. The van der Waals surface area contributed by atoms with Crippen LogP contribution >= 0.6 is 0 Å². The van der Waals surface area contributed by atoms with E-state index in [1.54, 1.807) is 21.3 Å². The van der Waals surface area contributed by atoms with E-state index in [1.165, 1.54) is 0 Å². The van der Waals surface area contributed by atoms with Crippen molar-refractivity contribution in [3.05, 3.63) is 41.5 Å². The van der Waals surface area contributed by atoms with Gasteiger partial charge in [-0.25, -0.2) is 0 Å². The Morgan fingerprint density at radius 1 is 1.00 bits per heavy atom. The number of fused-ring (bicyclic) bond motifs is 5. The lowest BCUT2D eigenvalue weighted by atomic mass is 10.1. The molecule has 0 atom stereocenters. The molecule has 6 nitrogen and oxygen atoms in total. The molecule has 0 amide bonds. The number of aryl methyl sites for hydroxylation is 1. The van der Waals surface area contributed by atoms with Gasteiger partial charge < -0.3 is 23.6 Å². The van der Waals surface area contributed by atoms with Gasteiger partial charge in [-0.3, -0.25) is 0 Å². The van der Waals surface area contributed by atoms with E-state index in [-0.39, 0.29) is 0 Å². The van der Waals surface area contributed by atoms with Gasteiger partial charge in [-0.15, -0.1) is 12.3 Å². The van der Waals surface area contributed by atoms with Crippen molar-refractivity contribution in [3.8, 4) is 40.8 Å². The monoisotopic (exact) mass is 390 g/mol. The van der Waals surface area contributed by atoms with Crippen molar-refractivity contribution in [2.45, 2.75) is 6.42 Å². The van der Waals surface area contributed by atoms with Gasteiger partial charge >= 0.3 is 0 Å². The minimum atomic E-state index is 0.353. The predicted molar refractivity (Wildman–Crippen MR) is 113 cm³/mol. The van der Waals surface area contributed by atoms with Crippen molar-refractivity contribution in [3.63, 3.8) is 0 Å². The molecule has 0 spiro atoms. The van der Waals surface area contributed by atoms with Crippen LogP contribution in [0.15, 0.2) is 35.5 Å². The van der Waals surface area contributed by atoms with Crippen LogP contribution < -0.4 is 14.2 Å². The van der Waals surface area contributed by atoms with Crippen molar-refractivity contribution >= 4 is 16.6 Å².